The van der Waals surface area contributed by atoms with Gasteiger partial charge >= 0.3 is 5.97 Å². The molecule has 1 aromatic heterocycles. The van der Waals surface area contributed by atoms with Crippen LogP contribution in [-0.4, -0.2) is 27.3 Å². The van der Waals surface area contributed by atoms with Gasteiger partial charge in [0.25, 0.3) is 0 Å². The Morgan fingerprint density at radius 3 is 2.57 bits per heavy atom. The van der Waals surface area contributed by atoms with Gasteiger partial charge in [0, 0.05) is 6.04 Å². The molecule has 0 saturated carbocycles. The number of aromatic nitrogens is 2. The van der Waals surface area contributed by atoms with Crippen molar-refractivity contribution in [2.45, 2.75) is 53.0 Å². The summed E-state index contributed by atoms with van der Waals surface area (Å²) in [7, 11) is 0. The first-order valence-corrected chi connectivity index (χ1v) is 7.10. The van der Waals surface area contributed by atoms with E-state index >= 15 is 0 Å². The van der Waals surface area contributed by atoms with E-state index in [0.29, 0.717) is 17.8 Å². The maximum atomic E-state index is 10.7. The van der Waals surface area contributed by atoms with Gasteiger partial charge in [0.05, 0.1) is 11.6 Å². The van der Waals surface area contributed by atoms with E-state index in [4.69, 9.17) is 5.11 Å². The number of carboxylic acids is 1. The zero-order valence-corrected chi connectivity index (χ0v) is 13.0. The zero-order valence-electron chi connectivity index (χ0n) is 13.0. The number of hydrogen-bond donors (Lipinski definition) is 2. The second-order valence-corrected chi connectivity index (χ2v) is 5.46. The second kappa shape index (κ2) is 7.58. The van der Waals surface area contributed by atoms with E-state index in [1.807, 2.05) is 20.8 Å². The number of anilines is 1. The lowest BCUT2D eigenvalue weighted by atomic mass is 10.0. The largest absolute Gasteiger partial charge is 0.481 e. The lowest BCUT2D eigenvalue weighted by Crippen LogP contribution is -2.19. The van der Waals surface area contributed by atoms with Crippen LogP contribution in [0.5, 0.6) is 0 Å². The Labute approximate surface area is 125 Å². The molecule has 1 aromatic rings. The van der Waals surface area contributed by atoms with Gasteiger partial charge in [-0.15, -0.1) is 5.10 Å². The van der Waals surface area contributed by atoms with Crippen molar-refractivity contribution in [3.63, 3.8) is 0 Å². The number of carboxylic acid groups (broad SMARTS) is 1. The summed E-state index contributed by atoms with van der Waals surface area (Å²) in [6, 6.07) is 2.26. The highest BCUT2D eigenvalue weighted by atomic mass is 16.4. The van der Waals surface area contributed by atoms with Crippen molar-refractivity contribution < 1.29 is 9.90 Å². The van der Waals surface area contributed by atoms with Gasteiger partial charge in [-0.05, 0) is 39.2 Å². The molecule has 0 aliphatic heterocycles. The smallest absolute Gasteiger partial charge is 0.306 e. The molecule has 2 N–H and O–H groups in total. The van der Waals surface area contributed by atoms with Gasteiger partial charge in [-0.25, -0.2) is 0 Å². The molecule has 6 heteroatoms. The lowest BCUT2D eigenvalue weighted by Gasteiger charge is -2.16. The maximum absolute atomic E-state index is 10.7. The number of hydrogen-bond acceptors (Lipinski definition) is 5. The van der Waals surface area contributed by atoms with Crippen molar-refractivity contribution >= 4 is 11.8 Å². The summed E-state index contributed by atoms with van der Waals surface area (Å²) in [6.07, 6.45) is 2.27. The molecule has 0 spiro atoms. The van der Waals surface area contributed by atoms with Crippen molar-refractivity contribution in [2.24, 2.45) is 5.92 Å². The monoisotopic (exact) mass is 290 g/mol. The van der Waals surface area contributed by atoms with Gasteiger partial charge in [0.1, 0.15) is 11.6 Å². The van der Waals surface area contributed by atoms with Crippen molar-refractivity contribution in [1.82, 2.24) is 10.2 Å². The minimum atomic E-state index is -0.762. The predicted octanol–water partition coefficient (Wildman–Crippen LogP) is 2.66. The zero-order chi connectivity index (χ0) is 16.0. The van der Waals surface area contributed by atoms with Gasteiger partial charge in [-0.2, -0.15) is 10.4 Å². The molecular formula is C15H22N4O2. The molecule has 0 aliphatic rings. The average Bonchev–Trinajstić information content (AvgIpc) is 2.43. The van der Waals surface area contributed by atoms with Crippen molar-refractivity contribution in [3.8, 4) is 6.07 Å². The van der Waals surface area contributed by atoms with E-state index in [0.717, 1.165) is 24.1 Å². The summed E-state index contributed by atoms with van der Waals surface area (Å²) in [4.78, 5) is 10.7. The number of carbonyl (C=O) groups is 1. The Hall–Kier alpha value is -2.16. The van der Waals surface area contributed by atoms with Crippen LogP contribution in [0.4, 0.5) is 5.82 Å². The fourth-order valence-corrected chi connectivity index (χ4v) is 2.01. The third-order valence-electron chi connectivity index (χ3n) is 3.65. The van der Waals surface area contributed by atoms with Gasteiger partial charge < -0.3 is 10.4 Å². The number of nitriles is 1. The van der Waals surface area contributed by atoms with E-state index in [2.05, 4.69) is 21.6 Å². The summed E-state index contributed by atoms with van der Waals surface area (Å²) in [5.41, 5.74) is 2.11. The molecule has 0 saturated heterocycles. The number of nitrogens with zero attached hydrogens (tertiary/aromatic N) is 3. The molecular weight excluding hydrogens is 268 g/mol. The molecule has 2 atom stereocenters. The fraction of sp³-hybridized carbons (Fsp3) is 0.600. The Morgan fingerprint density at radius 1 is 1.33 bits per heavy atom. The Kier molecular flexibility index (Phi) is 6.10. The number of nitrogens with one attached hydrogen (secondary N) is 1. The Morgan fingerprint density at radius 2 is 2.00 bits per heavy atom. The molecule has 0 aliphatic carbocycles. The summed E-state index contributed by atoms with van der Waals surface area (Å²) >= 11 is 0. The first kappa shape index (κ1) is 16.9. The standard InChI is InChI=1S/C15H22N4O2/c1-9(15(20)21)6-5-7-10(2)17-14-13(8-16)11(3)12(4)18-19-14/h9-10H,5-7H2,1-4H3,(H,17,19)(H,20,21). The quantitative estimate of drug-likeness (QED) is 0.801. The molecule has 6 nitrogen and oxygen atoms in total. The lowest BCUT2D eigenvalue weighted by molar-refractivity contribution is -0.141. The SMILES string of the molecule is Cc1nnc(NC(C)CCCC(C)C(=O)O)c(C#N)c1C. The van der Waals surface area contributed by atoms with Crippen LogP contribution in [0.25, 0.3) is 0 Å². The van der Waals surface area contributed by atoms with Gasteiger partial charge in [-0.3, -0.25) is 4.79 Å². The van der Waals surface area contributed by atoms with E-state index in [-0.39, 0.29) is 12.0 Å². The van der Waals surface area contributed by atoms with Crippen LogP contribution < -0.4 is 5.32 Å². The number of aryl methyl sites for hydroxylation is 1. The molecule has 0 fully saturated rings. The van der Waals surface area contributed by atoms with Crippen LogP contribution in [0.3, 0.4) is 0 Å². The van der Waals surface area contributed by atoms with Crippen LogP contribution in [0.15, 0.2) is 0 Å². The summed E-state index contributed by atoms with van der Waals surface area (Å²) in [5.74, 6) is -0.588. The van der Waals surface area contributed by atoms with Crippen molar-refractivity contribution in [3.05, 3.63) is 16.8 Å². The molecule has 1 rings (SSSR count). The minimum Gasteiger partial charge on any atom is -0.481 e. The second-order valence-electron chi connectivity index (χ2n) is 5.46. The maximum Gasteiger partial charge on any atom is 0.306 e. The van der Waals surface area contributed by atoms with Gasteiger partial charge in [0.15, 0.2) is 5.82 Å². The van der Waals surface area contributed by atoms with Crippen LogP contribution in [0, 0.1) is 31.1 Å². The first-order chi connectivity index (χ1) is 9.86. The summed E-state index contributed by atoms with van der Waals surface area (Å²) in [5, 5.41) is 29.3. The summed E-state index contributed by atoms with van der Waals surface area (Å²) < 4.78 is 0. The molecule has 1 heterocycles. The average molecular weight is 290 g/mol. The fourth-order valence-electron chi connectivity index (χ4n) is 2.01. The van der Waals surface area contributed by atoms with E-state index in [1.54, 1.807) is 6.92 Å². The van der Waals surface area contributed by atoms with Crippen LogP contribution in [0.1, 0.15) is 49.9 Å². The normalized spacial score (nSPS) is 13.3. The number of aliphatic carboxylic acids is 1. The van der Waals surface area contributed by atoms with E-state index in [1.165, 1.54) is 0 Å². The third kappa shape index (κ3) is 4.71. The van der Waals surface area contributed by atoms with E-state index < -0.39 is 5.97 Å². The summed E-state index contributed by atoms with van der Waals surface area (Å²) in [6.45, 7) is 7.38. The molecule has 114 valence electrons. The highest BCUT2D eigenvalue weighted by Crippen LogP contribution is 2.19. The highest BCUT2D eigenvalue weighted by molar-refractivity contribution is 5.69. The van der Waals surface area contributed by atoms with Crippen LogP contribution in [0.2, 0.25) is 0 Å². The van der Waals surface area contributed by atoms with Crippen LogP contribution >= 0.6 is 0 Å². The van der Waals surface area contributed by atoms with Crippen LogP contribution in [-0.2, 0) is 4.79 Å². The number of rotatable bonds is 7. The Bertz CT molecular complexity index is 551. The molecule has 0 amide bonds. The minimum absolute atomic E-state index is 0.106. The third-order valence-corrected chi connectivity index (χ3v) is 3.65. The Balaban J connectivity index is 2.60. The molecule has 0 radical (unpaired) electrons. The first-order valence-electron chi connectivity index (χ1n) is 7.10. The molecule has 0 aromatic carbocycles. The predicted molar refractivity (Wildman–Crippen MR) is 80.0 cm³/mol. The van der Waals surface area contributed by atoms with Crippen molar-refractivity contribution in [2.75, 3.05) is 5.32 Å². The van der Waals surface area contributed by atoms with Gasteiger partial charge in [-0.1, -0.05) is 13.3 Å². The van der Waals surface area contributed by atoms with Crippen molar-refractivity contribution in [1.29, 1.82) is 5.26 Å². The van der Waals surface area contributed by atoms with Gasteiger partial charge in [0.2, 0.25) is 0 Å². The molecule has 0 bridgehead atoms. The molecule has 2 unspecified atom stereocenters. The molecule has 21 heavy (non-hydrogen) atoms. The van der Waals surface area contributed by atoms with E-state index in [9.17, 15) is 10.1 Å². The topological polar surface area (TPSA) is 98.9 Å². The highest BCUT2D eigenvalue weighted by Gasteiger charge is 2.14.